The van der Waals surface area contributed by atoms with Crippen LogP contribution in [0.2, 0.25) is 5.02 Å². The van der Waals surface area contributed by atoms with Crippen molar-refractivity contribution in [2.24, 2.45) is 0 Å². The molecule has 0 amide bonds. The Bertz CT molecular complexity index is 440. The Labute approximate surface area is 99.4 Å². The molecule has 0 aliphatic rings. The maximum absolute atomic E-state index is 10.9. The monoisotopic (exact) mass is 264 g/mol. The molecule has 0 bridgehead atoms. The normalized spacial score (nSPS) is 12.2. The van der Waals surface area contributed by atoms with Crippen molar-refractivity contribution >= 4 is 34.2 Å². The third kappa shape index (κ3) is 2.69. The summed E-state index contributed by atoms with van der Waals surface area (Å²) in [4.78, 5) is 9.98. The summed E-state index contributed by atoms with van der Waals surface area (Å²) in [6.45, 7) is 1.91. The maximum atomic E-state index is 10.9. The zero-order valence-electron chi connectivity index (χ0n) is 8.29. The molecule has 1 aromatic carbocycles. The summed E-state index contributed by atoms with van der Waals surface area (Å²) in [7, 11) is 0. The lowest BCUT2D eigenvalue weighted by Crippen LogP contribution is -2.24. The van der Waals surface area contributed by atoms with E-state index in [-0.39, 0.29) is 22.9 Å². The van der Waals surface area contributed by atoms with Crippen molar-refractivity contribution in [1.82, 2.24) is 0 Å². The van der Waals surface area contributed by atoms with Gasteiger partial charge in [-0.3, -0.25) is 19.0 Å². The van der Waals surface area contributed by atoms with Gasteiger partial charge in [0.25, 0.3) is 17.0 Å². The van der Waals surface area contributed by atoms with Crippen molar-refractivity contribution in [3.63, 3.8) is 0 Å². The molecule has 0 spiro atoms. The van der Waals surface area contributed by atoms with Crippen molar-refractivity contribution in [3.05, 3.63) is 33.3 Å². The first-order valence-electron chi connectivity index (χ1n) is 4.29. The van der Waals surface area contributed by atoms with E-state index in [4.69, 9.17) is 16.2 Å². The summed E-state index contributed by atoms with van der Waals surface area (Å²) in [6.07, 6.45) is 0. The van der Waals surface area contributed by atoms with E-state index in [1.165, 1.54) is 18.2 Å². The highest BCUT2D eigenvalue weighted by molar-refractivity contribution is 7.80. The predicted molar refractivity (Wildman–Crippen MR) is 61.9 cm³/mol. The molecule has 8 heteroatoms. The molecule has 0 radical (unpaired) electrons. The van der Waals surface area contributed by atoms with Gasteiger partial charge in [-0.05, 0) is 19.1 Å². The molecule has 88 valence electrons. The van der Waals surface area contributed by atoms with Gasteiger partial charge >= 0.3 is 0 Å². The van der Waals surface area contributed by atoms with Crippen molar-refractivity contribution in [2.45, 2.75) is 6.92 Å². The Morgan fingerprint density at radius 1 is 1.62 bits per heavy atom. The lowest BCUT2D eigenvalue weighted by atomic mass is 10.3. The summed E-state index contributed by atoms with van der Waals surface area (Å²) in [5.41, 5.74) is -0.0116. The largest absolute Gasteiger partial charge is 0.289 e. The number of halogens is 1. The van der Waals surface area contributed by atoms with E-state index in [0.29, 0.717) is 0 Å². The lowest BCUT2D eigenvalue weighted by molar-refractivity contribution is -0.384. The van der Waals surface area contributed by atoms with Gasteiger partial charge in [-0.15, -0.1) is 0 Å². The number of nitro groups is 1. The minimum absolute atomic E-state index is 0.00600. The van der Waals surface area contributed by atoms with Crippen LogP contribution in [-0.4, -0.2) is 20.2 Å². The van der Waals surface area contributed by atoms with Gasteiger partial charge in [0.05, 0.1) is 10.6 Å². The average Bonchev–Trinajstić information content (AvgIpc) is 2.20. The SMILES string of the molecule is CCN(c1ccc(Cl)c([N+](=O)[O-])c1)S(=O)O. The third-order valence-electron chi connectivity index (χ3n) is 1.89. The van der Waals surface area contributed by atoms with E-state index in [9.17, 15) is 14.3 Å². The molecule has 0 saturated heterocycles. The Morgan fingerprint density at radius 2 is 2.25 bits per heavy atom. The van der Waals surface area contributed by atoms with Gasteiger partial charge in [0.2, 0.25) is 0 Å². The number of hydrogen-bond acceptors (Lipinski definition) is 3. The first-order valence-corrected chi connectivity index (χ1v) is 5.74. The first-order chi connectivity index (χ1) is 7.47. The topological polar surface area (TPSA) is 83.7 Å². The molecule has 0 aliphatic heterocycles. The summed E-state index contributed by atoms with van der Waals surface area (Å²) < 4.78 is 21.0. The molecule has 1 rings (SSSR count). The smallest absolute Gasteiger partial charge is 0.289 e. The second kappa shape index (κ2) is 5.24. The summed E-state index contributed by atoms with van der Waals surface area (Å²) in [5.74, 6) is 0. The highest BCUT2D eigenvalue weighted by atomic mass is 35.5. The minimum Gasteiger partial charge on any atom is -0.289 e. The van der Waals surface area contributed by atoms with Crippen LogP contribution in [0.1, 0.15) is 6.92 Å². The van der Waals surface area contributed by atoms with Crippen LogP contribution in [0.25, 0.3) is 0 Å². The third-order valence-corrected chi connectivity index (χ3v) is 3.06. The zero-order chi connectivity index (χ0) is 12.3. The standard InChI is InChI=1S/C8H9ClN2O4S/c1-2-10(16(14)15)6-3-4-7(9)8(5-6)11(12)13/h3-5H,2H2,1H3,(H,14,15). The fraction of sp³-hybridized carbons (Fsp3) is 0.250. The Kier molecular flexibility index (Phi) is 4.22. The van der Waals surface area contributed by atoms with Gasteiger partial charge in [0.1, 0.15) is 5.02 Å². The quantitative estimate of drug-likeness (QED) is 0.513. The molecule has 0 aromatic heterocycles. The summed E-state index contributed by atoms with van der Waals surface area (Å²) >= 11 is 3.41. The molecule has 1 unspecified atom stereocenters. The van der Waals surface area contributed by atoms with Crippen LogP contribution < -0.4 is 4.31 Å². The molecule has 16 heavy (non-hydrogen) atoms. The van der Waals surface area contributed by atoms with Gasteiger partial charge in [0, 0.05) is 12.6 Å². The van der Waals surface area contributed by atoms with E-state index in [1.54, 1.807) is 6.92 Å². The molecule has 1 aromatic rings. The average molecular weight is 265 g/mol. The molecular weight excluding hydrogens is 256 g/mol. The number of nitrogens with zero attached hydrogens (tertiary/aromatic N) is 2. The van der Waals surface area contributed by atoms with Crippen molar-refractivity contribution in [1.29, 1.82) is 0 Å². The fourth-order valence-electron chi connectivity index (χ4n) is 1.18. The van der Waals surface area contributed by atoms with Gasteiger partial charge in [-0.1, -0.05) is 11.6 Å². The number of hydrogen-bond donors (Lipinski definition) is 1. The Balaban J connectivity index is 3.21. The van der Waals surface area contributed by atoms with E-state index >= 15 is 0 Å². The molecule has 0 heterocycles. The number of nitro benzene ring substituents is 1. The van der Waals surface area contributed by atoms with Gasteiger partial charge < -0.3 is 0 Å². The predicted octanol–water partition coefficient (Wildman–Crippen LogP) is 2.21. The van der Waals surface area contributed by atoms with Crippen LogP contribution >= 0.6 is 11.6 Å². The summed E-state index contributed by atoms with van der Waals surface area (Å²) in [6, 6.07) is 3.94. The van der Waals surface area contributed by atoms with E-state index in [0.717, 1.165) is 4.31 Å². The second-order valence-corrected chi connectivity index (χ2v) is 4.13. The van der Waals surface area contributed by atoms with Gasteiger partial charge in [-0.2, -0.15) is 0 Å². The molecule has 1 N–H and O–H groups in total. The van der Waals surface area contributed by atoms with Crippen LogP contribution in [0.4, 0.5) is 11.4 Å². The Morgan fingerprint density at radius 3 is 2.69 bits per heavy atom. The first kappa shape index (κ1) is 12.9. The highest BCUT2D eigenvalue weighted by Crippen LogP contribution is 2.29. The fourth-order valence-corrected chi connectivity index (χ4v) is 1.88. The van der Waals surface area contributed by atoms with E-state index < -0.39 is 16.2 Å². The van der Waals surface area contributed by atoms with Crippen LogP contribution in [-0.2, 0) is 11.3 Å². The summed E-state index contributed by atoms with van der Waals surface area (Å²) in [5, 5.41) is 10.6. The van der Waals surface area contributed by atoms with Gasteiger partial charge in [-0.25, -0.2) is 4.21 Å². The van der Waals surface area contributed by atoms with Crippen molar-refractivity contribution in [3.8, 4) is 0 Å². The van der Waals surface area contributed by atoms with Crippen LogP contribution in [0.15, 0.2) is 18.2 Å². The molecule has 0 saturated carbocycles. The van der Waals surface area contributed by atoms with Crippen LogP contribution in [0, 0.1) is 10.1 Å². The maximum Gasteiger partial charge on any atom is 0.289 e. The lowest BCUT2D eigenvalue weighted by Gasteiger charge is -2.17. The minimum atomic E-state index is -2.21. The van der Waals surface area contributed by atoms with Crippen LogP contribution in [0.3, 0.4) is 0 Å². The molecular formula is C8H9ClN2O4S. The molecule has 0 aliphatic carbocycles. The van der Waals surface area contributed by atoms with Crippen LogP contribution in [0.5, 0.6) is 0 Å². The number of anilines is 1. The van der Waals surface area contributed by atoms with Gasteiger partial charge in [0.15, 0.2) is 0 Å². The van der Waals surface area contributed by atoms with E-state index in [2.05, 4.69) is 0 Å². The number of benzene rings is 1. The zero-order valence-corrected chi connectivity index (χ0v) is 9.86. The second-order valence-electron chi connectivity index (χ2n) is 2.82. The molecule has 0 fully saturated rings. The van der Waals surface area contributed by atoms with Crippen molar-refractivity contribution in [2.75, 3.05) is 10.8 Å². The van der Waals surface area contributed by atoms with Crippen molar-refractivity contribution < 1.29 is 13.7 Å². The molecule has 6 nitrogen and oxygen atoms in total. The Hall–Kier alpha value is -1.18. The highest BCUT2D eigenvalue weighted by Gasteiger charge is 2.17. The number of rotatable bonds is 4. The van der Waals surface area contributed by atoms with E-state index in [1.807, 2.05) is 0 Å². The molecule has 1 atom stereocenters.